The molecular formula is C25H31FN2O. The van der Waals surface area contributed by atoms with Crippen LogP contribution in [0.2, 0.25) is 0 Å². The van der Waals surface area contributed by atoms with E-state index in [1.54, 1.807) is 6.07 Å². The zero-order valence-electron chi connectivity index (χ0n) is 17.5. The number of Topliss-reactive ketones (excluding diaryl/α,β-unsaturated/α-hetero) is 1. The minimum absolute atomic E-state index is 0.0899. The van der Waals surface area contributed by atoms with Crippen LogP contribution in [0, 0.1) is 5.82 Å². The van der Waals surface area contributed by atoms with Crippen LogP contribution in [0.15, 0.2) is 59.7 Å². The Kier molecular flexibility index (Phi) is 7.56. The lowest BCUT2D eigenvalue weighted by Gasteiger charge is -2.24. The topological polar surface area (TPSA) is 32.7 Å². The van der Waals surface area contributed by atoms with Gasteiger partial charge < -0.3 is 0 Å². The Labute approximate surface area is 173 Å². The van der Waals surface area contributed by atoms with Crippen molar-refractivity contribution in [3.63, 3.8) is 0 Å². The minimum atomic E-state index is -0.223. The molecule has 0 amide bonds. The Morgan fingerprint density at radius 2 is 1.86 bits per heavy atom. The summed E-state index contributed by atoms with van der Waals surface area (Å²) in [6.07, 6.45) is 4.98. The first kappa shape index (κ1) is 21.2. The van der Waals surface area contributed by atoms with E-state index in [1.807, 2.05) is 35.3 Å². The molecule has 0 bridgehead atoms. The van der Waals surface area contributed by atoms with Crippen molar-refractivity contribution in [1.82, 2.24) is 5.01 Å². The van der Waals surface area contributed by atoms with Crippen molar-refractivity contribution in [3.8, 4) is 0 Å². The van der Waals surface area contributed by atoms with Gasteiger partial charge in [-0.2, -0.15) is 5.10 Å². The molecule has 0 N–H and O–H groups in total. The van der Waals surface area contributed by atoms with E-state index in [0.29, 0.717) is 30.0 Å². The third-order valence-corrected chi connectivity index (χ3v) is 5.75. The fourth-order valence-corrected chi connectivity index (χ4v) is 3.91. The molecule has 2 aromatic rings. The van der Waals surface area contributed by atoms with Gasteiger partial charge in [-0.3, -0.25) is 9.80 Å². The third kappa shape index (κ3) is 5.53. The Hall–Kier alpha value is -2.49. The van der Waals surface area contributed by atoms with Crippen LogP contribution in [0.3, 0.4) is 0 Å². The molecule has 1 aliphatic heterocycles. The van der Waals surface area contributed by atoms with Crippen molar-refractivity contribution in [2.24, 2.45) is 5.10 Å². The van der Waals surface area contributed by atoms with E-state index in [-0.39, 0.29) is 17.6 Å². The smallest absolute Gasteiger partial charge is 0.178 e. The van der Waals surface area contributed by atoms with Crippen LogP contribution in [0.25, 0.3) is 0 Å². The van der Waals surface area contributed by atoms with E-state index in [2.05, 4.69) is 31.1 Å². The van der Waals surface area contributed by atoms with Gasteiger partial charge in [-0.25, -0.2) is 4.39 Å². The lowest BCUT2D eigenvalue weighted by Crippen LogP contribution is -2.21. The second-order valence-electron chi connectivity index (χ2n) is 7.93. The molecule has 1 heterocycles. The van der Waals surface area contributed by atoms with E-state index >= 15 is 0 Å². The Balaban J connectivity index is 1.66. The summed E-state index contributed by atoms with van der Waals surface area (Å²) in [5.74, 6) is 0.192. The van der Waals surface area contributed by atoms with Gasteiger partial charge in [0, 0.05) is 24.9 Å². The summed E-state index contributed by atoms with van der Waals surface area (Å²) in [5.41, 5.74) is 2.47. The maximum absolute atomic E-state index is 14.4. The van der Waals surface area contributed by atoms with Crippen molar-refractivity contribution in [2.75, 3.05) is 6.54 Å². The predicted octanol–water partition coefficient (Wildman–Crippen LogP) is 6.27. The maximum Gasteiger partial charge on any atom is 0.178 e. The second-order valence-corrected chi connectivity index (χ2v) is 7.93. The molecule has 1 aliphatic rings. The number of hydrogen-bond donors (Lipinski definition) is 0. The van der Waals surface area contributed by atoms with Crippen LogP contribution in [-0.2, 0) is 4.79 Å². The molecule has 2 aromatic carbocycles. The van der Waals surface area contributed by atoms with Gasteiger partial charge in [0.25, 0.3) is 0 Å². The van der Waals surface area contributed by atoms with E-state index in [1.165, 1.54) is 11.6 Å². The Bertz CT molecular complexity index is 834. The normalized spacial score (nSPS) is 17.3. The fraction of sp³-hybridized carbons (Fsp3) is 0.440. The Morgan fingerprint density at radius 1 is 1.14 bits per heavy atom. The highest BCUT2D eigenvalue weighted by Crippen LogP contribution is 2.33. The van der Waals surface area contributed by atoms with Gasteiger partial charge in [0.15, 0.2) is 5.78 Å². The van der Waals surface area contributed by atoms with Gasteiger partial charge in [-0.15, -0.1) is 0 Å². The van der Waals surface area contributed by atoms with Crippen LogP contribution in [0.1, 0.15) is 75.5 Å². The number of hydrazone groups is 1. The number of carbonyl (C=O) groups excluding carboxylic acids is 1. The number of rotatable bonds is 10. The number of benzene rings is 2. The highest BCUT2D eigenvalue weighted by molar-refractivity contribution is 6.40. The zero-order valence-corrected chi connectivity index (χ0v) is 17.5. The number of halogens is 1. The van der Waals surface area contributed by atoms with Crippen LogP contribution >= 0.6 is 0 Å². The summed E-state index contributed by atoms with van der Waals surface area (Å²) < 4.78 is 14.4. The summed E-state index contributed by atoms with van der Waals surface area (Å²) in [4.78, 5) is 12.9. The molecule has 29 heavy (non-hydrogen) atoms. The molecule has 3 rings (SSSR count). The number of ketones is 1. The zero-order chi connectivity index (χ0) is 20.6. The lowest BCUT2D eigenvalue weighted by atomic mass is 9.93. The highest BCUT2D eigenvalue weighted by atomic mass is 19.1. The molecule has 0 spiro atoms. The number of nitrogens with zero attached hydrogens (tertiary/aromatic N) is 2. The first-order chi connectivity index (χ1) is 14.1. The molecule has 3 nitrogen and oxygen atoms in total. The van der Waals surface area contributed by atoms with Gasteiger partial charge in [0.2, 0.25) is 0 Å². The molecule has 154 valence electrons. The third-order valence-electron chi connectivity index (χ3n) is 5.75. The van der Waals surface area contributed by atoms with Crippen LogP contribution in [0.4, 0.5) is 4.39 Å². The van der Waals surface area contributed by atoms with Gasteiger partial charge in [0.1, 0.15) is 11.5 Å². The number of hydrogen-bond acceptors (Lipinski definition) is 3. The van der Waals surface area contributed by atoms with Crippen molar-refractivity contribution in [1.29, 1.82) is 0 Å². The minimum Gasteiger partial charge on any atom is -0.293 e. The fourth-order valence-electron chi connectivity index (χ4n) is 3.91. The first-order valence-electron chi connectivity index (χ1n) is 10.8. The number of unbranched alkanes of at least 4 members (excludes halogenated alkanes) is 2. The molecule has 4 heteroatoms. The SMILES string of the molecule is CCCCCN1N=C(C(=O)CCC(C)c2ccccc2)CC1c1ccccc1F. The van der Waals surface area contributed by atoms with Crippen molar-refractivity contribution in [2.45, 2.75) is 64.3 Å². The van der Waals surface area contributed by atoms with Crippen LogP contribution in [0.5, 0.6) is 0 Å². The quantitative estimate of drug-likeness (QED) is 0.445. The van der Waals surface area contributed by atoms with Gasteiger partial charge in [0.05, 0.1) is 6.04 Å². The maximum atomic E-state index is 14.4. The van der Waals surface area contributed by atoms with Gasteiger partial charge >= 0.3 is 0 Å². The van der Waals surface area contributed by atoms with E-state index < -0.39 is 0 Å². The van der Waals surface area contributed by atoms with Crippen molar-refractivity contribution >= 4 is 11.5 Å². The average Bonchev–Trinajstić information content (AvgIpc) is 3.17. The summed E-state index contributed by atoms with van der Waals surface area (Å²) >= 11 is 0. The molecule has 0 fully saturated rings. The van der Waals surface area contributed by atoms with E-state index in [4.69, 9.17) is 0 Å². The number of carbonyl (C=O) groups is 1. The molecular weight excluding hydrogens is 363 g/mol. The van der Waals surface area contributed by atoms with Crippen LogP contribution < -0.4 is 0 Å². The van der Waals surface area contributed by atoms with Crippen molar-refractivity contribution in [3.05, 3.63) is 71.5 Å². The average molecular weight is 395 g/mol. The highest BCUT2D eigenvalue weighted by Gasteiger charge is 2.32. The Morgan fingerprint density at radius 3 is 2.59 bits per heavy atom. The van der Waals surface area contributed by atoms with Crippen molar-refractivity contribution < 1.29 is 9.18 Å². The van der Waals surface area contributed by atoms with Gasteiger partial charge in [-0.05, 0) is 30.4 Å². The molecule has 0 aromatic heterocycles. The second kappa shape index (κ2) is 10.3. The van der Waals surface area contributed by atoms with E-state index in [9.17, 15) is 9.18 Å². The summed E-state index contributed by atoms with van der Waals surface area (Å²) in [5, 5.41) is 6.58. The molecule has 2 unspecified atom stereocenters. The predicted molar refractivity (Wildman–Crippen MR) is 117 cm³/mol. The van der Waals surface area contributed by atoms with Gasteiger partial charge in [-0.1, -0.05) is 75.2 Å². The monoisotopic (exact) mass is 394 g/mol. The standard InChI is InChI=1S/C25H31FN2O/c1-3-4-10-17-28-24(21-13-8-9-14-22(21)26)18-23(27-28)25(29)16-15-19(2)20-11-6-5-7-12-20/h5-9,11-14,19,24H,3-4,10,15-18H2,1-2H3. The van der Waals surface area contributed by atoms with Crippen LogP contribution in [-0.4, -0.2) is 23.0 Å². The molecule has 0 saturated heterocycles. The lowest BCUT2D eigenvalue weighted by molar-refractivity contribution is -0.113. The molecule has 2 atom stereocenters. The van der Waals surface area contributed by atoms with E-state index in [0.717, 1.165) is 32.2 Å². The molecule has 0 aliphatic carbocycles. The largest absolute Gasteiger partial charge is 0.293 e. The summed E-state index contributed by atoms with van der Waals surface area (Å²) in [7, 11) is 0. The molecule has 0 saturated carbocycles. The summed E-state index contributed by atoms with van der Waals surface area (Å²) in [6.45, 7) is 5.06. The first-order valence-corrected chi connectivity index (χ1v) is 10.8. The summed E-state index contributed by atoms with van der Waals surface area (Å²) in [6, 6.07) is 16.9. The molecule has 0 radical (unpaired) electrons.